The van der Waals surface area contributed by atoms with Gasteiger partial charge in [0.1, 0.15) is 11.8 Å². The molecule has 0 fully saturated rings. The molecule has 0 aliphatic heterocycles. The van der Waals surface area contributed by atoms with E-state index >= 15 is 0 Å². The molecule has 8 heteroatoms. The second-order valence-electron chi connectivity index (χ2n) is 4.75. The molecular formula is C15H14N2O6. The Morgan fingerprint density at radius 1 is 1.30 bits per heavy atom. The predicted octanol–water partition coefficient (Wildman–Crippen LogP) is 2.22. The minimum atomic E-state index is -0.953. The number of nitrogens with zero attached hydrogens (tertiary/aromatic N) is 1. The van der Waals surface area contributed by atoms with Crippen molar-refractivity contribution in [3.63, 3.8) is 0 Å². The number of nitro benzene ring substituents is 1. The minimum Gasteiger partial charge on any atom is -0.459 e. The zero-order valence-electron chi connectivity index (χ0n) is 12.4. The van der Waals surface area contributed by atoms with Crippen LogP contribution in [0.15, 0.2) is 41.0 Å². The summed E-state index contributed by atoms with van der Waals surface area (Å²) in [6, 6.07) is 6.23. The molecule has 8 nitrogen and oxygen atoms in total. The Hall–Kier alpha value is -3.16. The lowest BCUT2D eigenvalue weighted by Gasteiger charge is -2.13. The fourth-order valence-corrected chi connectivity index (χ4v) is 1.84. The molecule has 2 aromatic rings. The lowest BCUT2D eigenvalue weighted by Crippen LogP contribution is -2.40. The summed E-state index contributed by atoms with van der Waals surface area (Å²) in [5.74, 6) is -1.16. The zero-order chi connectivity index (χ0) is 17.0. The normalized spacial score (nSPS) is 11.6. The van der Waals surface area contributed by atoms with Gasteiger partial charge in [0.25, 0.3) is 11.6 Å². The average Bonchev–Trinajstić information content (AvgIpc) is 3.03. The first-order valence-electron chi connectivity index (χ1n) is 6.70. The lowest BCUT2D eigenvalue weighted by atomic mass is 10.2. The Morgan fingerprint density at radius 2 is 2.04 bits per heavy atom. The van der Waals surface area contributed by atoms with Crippen LogP contribution in [0.25, 0.3) is 0 Å². The van der Waals surface area contributed by atoms with E-state index in [1.54, 1.807) is 6.07 Å². The van der Waals surface area contributed by atoms with E-state index < -0.39 is 22.8 Å². The summed E-state index contributed by atoms with van der Waals surface area (Å²) in [5.41, 5.74) is 0.0815. The Bertz CT molecular complexity index is 738. The quantitative estimate of drug-likeness (QED) is 0.391. The van der Waals surface area contributed by atoms with Crippen LogP contribution in [0.5, 0.6) is 5.75 Å². The van der Waals surface area contributed by atoms with E-state index in [-0.39, 0.29) is 22.8 Å². The fourth-order valence-electron chi connectivity index (χ4n) is 1.84. The van der Waals surface area contributed by atoms with Gasteiger partial charge in [-0.05, 0) is 32.0 Å². The van der Waals surface area contributed by atoms with Crippen molar-refractivity contribution in [3.8, 4) is 5.75 Å². The minimum absolute atomic E-state index is 0.0659. The molecule has 120 valence electrons. The number of carbonyl (C=O) groups excluding carboxylic acids is 2. The van der Waals surface area contributed by atoms with Crippen molar-refractivity contribution < 1.29 is 23.7 Å². The Kier molecular flexibility index (Phi) is 4.75. The molecule has 0 bridgehead atoms. The van der Waals surface area contributed by atoms with Gasteiger partial charge in [0.15, 0.2) is 5.76 Å². The zero-order valence-corrected chi connectivity index (χ0v) is 12.4. The molecule has 0 spiro atoms. The van der Waals surface area contributed by atoms with E-state index in [1.807, 2.05) is 0 Å². The summed E-state index contributed by atoms with van der Waals surface area (Å²) in [6.45, 7) is 2.92. The molecule has 1 aromatic heterocycles. The van der Waals surface area contributed by atoms with Crippen molar-refractivity contribution in [1.29, 1.82) is 0 Å². The standard InChI is InChI=1S/C15H14N2O6/c1-9-11(17(20)21)5-3-6-12(9)23-15(19)10(2)16-14(18)13-7-4-8-22-13/h3-8,10H,1-2H3,(H,16,18). The molecule has 1 amide bonds. The summed E-state index contributed by atoms with van der Waals surface area (Å²) < 4.78 is 10.0. The van der Waals surface area contributed by atoms with Crippen LogP contribution < -0.4 is 10.1 Å². The molecule has 1 unspecified atom stereocenters. The van der Waals surface area contributed by atoms with E-state index in [2.05, 4.69) is 5.32 Å². The molecular weight excluding hydrogens is 304 g/mol. The van der Waals surface area contributed by atoms with Gasteiger partial charge in [-0.25, -0.2) is 4.79 Å². The highest BCUT2D eigenvalue weighted by molar-refractivity contribution is 5.94. The van der Waals surface area contributed by atoms with E-state index in [1.165, 1.54) is 44.4 Å². The number of esters is 1. The first kappa shape index (κ1) is 16.2. The molecule has 0 radical (unpaired) electrons. The molecule has 1 aromatic carbocycles. The SMILES string of the molecule is Cc1c(OC(=O)C(C)NC(=O)c2ccco2)cccc1[N+](=O)[O-]. The van der Waals surface area contributed by atoms with Crippen molar-refractivity contribution in [1.82, 2.24) is 5.32 Å². The third-order valence-electron chi connectivity index (χ3n) is 3.11. The number of hydrogen-bond donors (Lipinski definition) is 1. The molecule has 0 aliphatic carbocycles. The van der Waals surface area contributed by atoms with E-state index in [9.17, 15) is 19.7 Å². The van der Waals surface area contributed by atoms with Crippen molar-refractivity contribution >= 4 is 17.6 Å². The molecule has 1 N–H and O–H groups in total. The van der Waals surface area contributed by atoms with Gasteiger partial charge in [0.2, 0.25) is 0 Å². The van der Waals surface area contributed by atoms with Crippen LogP contribution >= 0.6 is 0 Å². The lowest BCUT2D eigenvalue weighted by molar-refractivity contribution is -0.385. The Balaban J connectivity index is 2.05. The van der Waals surface area contributed by atoms with Crippen LogP contribution in [-0.2, 0) is 4.79 Å². The third kappa shape index (κ3) is 3.73. The largest absolute Gasteiger partial charge is 0.459 e. The number of amides is 1. The van der Waals surface area contributed by atoms with Crippen LogP contribution in [-0.4, -0.2) is 22.8 Å². The first-order valence-corrected chi connectivity index (χ1v) is 6.70. The first-order chi connectivity index (χ1) is 10.9. The van der Waals surface area contributed by atoms with Gasteiger partial charge in [-0.2, -0.15) is 0 Å². The average molecular weight is 318 g/mol. The molecule has 1 heterocycles. The molecule has 0 aliphatic rings. The molecule has 0 saturated heterocycles. The third-order valence-corrected chi connectivity index (χ3v) is 3.11. The predicted molar refractivity (Wildman–Crippen MR) is 79.1 cm³/mol. The van der Waals surface area contributed by atoms with Crippen LogP contribution in [0.1, 0.15) is 23.0 Å². The summed E-state index contributed by atoms with van der Waals surface area (Å²) in [6.07, 6.45) is 1.34. The topological polar surface area (TPSA) is 112 Å². The van der Waals surface area contributed by atoms with E-state index in [4.69, 9.17) is 9.15 Å². The highest BCUT2D eigenvalue weighted by Crippen LogP contribution is 2.27. The molecule has 23 heavy (non-hydrogen) atoms. The maximum Gasteiger partial charge on any atom is 0.333 e. The molecule has 2 rings (SSSR count). The number of rotatable bonds is 5. The number of hydrogen-bond acceptors (Lipinski definition) is 6. The maximum absolute atomic E-state index is 12.0. The van der Waals surface area contributed by atoms with Gasteiger partial charge in [-0.1, -0.05) is 6.07 Å². The van der Waals surface area contributed by atoms with Crippen molar-refractivity contribution in [2.45, 2.75) is 19.9 Å². The molecule has 1 atom stereocenters. The number of carbonyl (C=O) groups is 2. The number of ether oxygens (including phenoxy) is 1. The van der Waals surface area contributed by atoms with Crippen molar-refractivity contribution in [2.24, 2.45) is 0 Å². The Morgan fingerprint density at radius 3 is 2.65 bits per heavy atom. The maximum atomic E-state index is 12.0. The number of furan rings is 1. The summed E-state index contributed by atoms with van der Waals surface area (Å²) in [5, 5.41) is 13.3. The van der Waals surface area contributed by atoms with Gasteiger partial charge < -0.3 is 14.5 Å². The number of nitrogens with one attached hydrogen (secondary N) is 1. The second-order valence-corrected chi connectivity index (χ2v) is 4.75. The highest BCUT2D eigenvalue weighted by Gasteiger charge is 2.22. The number of nitro groups is 1. The summed E-state index contributed by atoms with van der Waals surface area (Å²) in [4.78, 5) is 34.1. The van der Waals surface area contributed by atoms with E-state index in [0.717, 1.165) is 0 Å². The molecule has 0 saturated carbocycles. The van der Waals surface area contributed by atoms with Gasteiger partial charge in [-0.15, -0.1) is 0 Å². The smallest absolute Gasteiger partial charge is 0.333 e. The van der Waals surface area contributed by atoms with Gasteiger partial charge in [0, 0.05) is 6.07 Å². The fraction of sp³-hybridized carbons (Fsp3) is 0.200. The van der Waals surface area contributed by atoms with Crippen molar-refractivity contribution in [3.05, 3.63) is 58.0 Å². The highest BCUT2D eigenvalue weighted by atomic mass is 16.6. The van der Waals surface area contributed by atoms with Crippen LogP contribution in [0, 0.1) is 17.0 Å². The number of benzene rings is 1. The van der Waals surface area contributed by atoms with Crippen LogP contribution in [0.3, 0.4) is 0 Å². The van der Waals surface area contributed by atoms with Gasteiger partial charge in [0.05, 0.1) is 16.7 Å². The van der Waals surface area contributed by atoms with Crippen LogP contribution in [0.2, 0.25) is 0 Å². The second kappa shape index (κ2) is 6.73. The van der Waals surface area contributed by atoms with Crippen LogP contribution in [0.4, 0.5) is 5.69 Å². The monoisotopic (exact) mass is 318 g/mol. The van der Waals surface area contributed by atoms with Crippen molar-refractivity contribution in [2.75, 3.05) is 0 Å². The van der Waals surface area contributed by atoms with Gasteiger partial charge >= 0.3 is 5.97 Å². The van der Waals surface area contributed by atoms with E-state index in [0.29, 0.717) is 0 Å². The summed E-state index contributed by atoms with van der Waals surface area (Å²) in [7, 11) is 0. The summed E-state index contributed by atoms with van der Waals surface area (Å²) >= 11 is 0. The van der Waals surface area contributed by atoms with Gasteiger partial charge in [-0.3, -0.25) is 14.9 Å². The Labute approximate surface area is 131 Å².